The number of hydrogen-bond donors (Lipinski definition) is 1. The Morgan fingerprint density at radius 3 is 2.50 bits per heavy atom. The topological polar surface area (TPSA) is 12.0 Å². The predicted molar refractivity (Wildman–Crippen MR) is 81.7 cm³/mol. The fraction of sp³-hybridized carbons (Fsp3) is 0.600. The average molecular weight is 288 g/mol. The van der Waals surface area contributed by atoms with Gasteiger partial charge in [-0.2, -0.15) is 0 Å². The Morgan fingerprint density at radius 1 is 1.22 bits per heavy atom. The molecule has 0 saturated heterocycles. The van der Waals surface area contributed by atoms with Gasteiger partial charge in [-0.05, 0) is 43.0 Å². The first-order valence-corrected chi connectivity index (χ1v) is 7.49. The zero-order valence-electron chi connectivity index (χ0n) is 11.5. The van der Waals surface area contributed by atoms with Crippen LogP contribution in [0, 0.1) is 5.92 Å². The van der Waals surface area contributed by atoms with Crippen molar-refractivity contribution in [2.75, 3.05) is 6.54 Å². The average Bonchev–Trinajstić information content (AvgIpc) is 2.32. The van der Waals surface area contributed by atoms with Crippen LogP contribution in [-0.4, -0.2) is 12.6 Å². The minimum atomic E-state index is 0.489. The van der Waals surface area contributed by atoms with E-state index in [1.54, 1.807) is 0 Å². The summed E-state index contributed by atoms with van der Waals surface area (Å²) in [6.07, 6.45) is 3.37. The molecule has 0 saturated carbocycles. The molecule has 2 atom stereocenters. The molecule has 1 aromatic carbocycles. The van der Waals surface area contributed by atoms with Crippen LogP contribution in [-0.2, 0) is 6.42 Å². The van der Waals surface area contributed by atoms with Crippen molar-refractivity contribution in [2.24, 2.45) is 5.92 Å². The van der Waals surface area contributed by atoms with Crippen LogP contribution < -0.4 is 5.32 Å². The van der Waals surface area contributed by atoms with Crippen LogP contribution >= 0.6 is 23.2 Å². The Bertz CT molecular complexity index is 366. The van der Waals surface area contributed by atoms with E-state index in [4.69, 9.17) is 23.2 Å². The summed E-state index contributed by atoms with van der Waals surface area (Å²) in [5.74, 6) is 0.736. The summed E-state index contributed by atoms with van der Waals surface area (Å²) in [4.78, 5) is 0. The van der Waals surface area contributed by atoms with Crippen LogP contribution in [0.5, 0.6) is 0 Å². The smallest absolute Gasteiger partial charge is 0.0453 e. The highest BCUT2D eigenvalue weighted by atomic mass is 35.5. The normalized spacial score (nSPS) is 14.5. The van der Waals surface area contributed by atoms with Crippen molar-refractivity contribution in [3.8, 4) is 0 Å². The van der Waals surface area contributed by atoms with E-state index < -0.39 is 0 Å². The van der Waals surface area contributed by atoms with Crippen molar-refractivity contribution in [1.29, 1.82) is 0 Å². The van der Waals surface area contributed by atoms with Crippen LogP contribution in [0.4, 0.5) is 0 Å². The molecule has 2 unspecified atom stereocenters. The maximum Gasteiger partial charge on any atom is 0.0453 e. The third-order valence-corrected chi connectivity index (χ3v) is 3.94. The van der Waals surface area contributed by atoms with E-state index >= 15 is 0 Å². The van der Waals surface area contributed by atoms with Crippen LogP contribution in [0.1, 0.15) is 39.2 Å². The molecule has 18 heavy (non-hydrogen) atoms. The molecule has 0 aromatic heterocycles. The molecule has 0 spiro atoms. The lowest BCUT2D eigenvalue weighted by molar-refractivity contribution is 0.397. The highest BCUT2D eigenvalue weighted by molar-refractivity contribution is 6.35. The quantitative estimate of drug-likeness (QED) is 0.748. The molecule has 0 radical (unpaired) electrons. The lowest BCUT2D eigenvalue weighted by atomic mass is 9.94. The van der Waals surface area contributed by atoms with E-state index in [2.05, 4.69) is 26.1 Å². The number of hydrogen-bond acceptors (Lipinski definition) is 1. The van der Waals surface area contributed by atoms with Gasteiger partial charge >= 0.3 is 0 Å². The van der Waals surface area contributed by atoms with Gasteiger partial charge in [0.15, 0.2) is 0 Å². The molecule has 0 aliphatic rings. The molecule has 0 aliphatic heterocycles. The zero-order chi connectivity index (χ0) is 13.5. The molecule has 0 heterocycles. The molecule has 1 N–H and O–H groups in total. The van der Waals surface area contributed by atoms with E-state index in [0.717, 1.165) is 23.9 Å². The van der Waals surface area contributed by atoms with E-state index in [-0.39, 0.29) is 0 Å². The summed E-state index contributed by atoms with van der Waals surface area (Å²) in [7, 11) is 0. The SMILES string of the molecule is CCNC(Cc1ccc(Cl)cc1Cl)CC(C)CC. The lowest BCUT2D eigenvalue weighted by Gasteiger charge is -2.21. The number of likely N-dealkylation sites (N-methyl/N-ethyl adjacent to an activating group) is 1. The molecular weight excluding hydrogens is 265 g/mol. The molecule has 0 aliphatic carbocycles. The molecule has 1 rings (SSSR count). The Labute approximate surface area is 121 Å². The summed E-state index contributed by atoms with van der Waals surface area (Å²) in [6.45, 7) is 7.68. The monoisotopic (exact) mass is 287 g/mol. The summed E-state index contributed by atoms with van der Waals surface area (Å²) < 4.78 is 0. The van der Waals surface area contributed by atoms with Gasteiger partial charge in [0.25, 0.3) is 0 Å². The van der Waals surface area contributed by atoms with Gasteiger partial charge in [-0.15, -0.1) is 0 Å². The molecule has 0 fully saturated rings. The van der Waals surface area contributed by atoms with Gasteiger partial charge < -0.3 is 5.32 Å². The van der Waals surface area contributed by atoms with Gasteiger partial charge in [0.2, 0.25) is 0 Å². The second-order valence-corrected chi connectivity index (χ2v) is 5.79. The van der Waals surface area contributed by atoms with E-state index in [0.29, 0.717) is 11.1 Å². The van der Waals surface area contributed by atoms with Crippen LogP contribution in [0.25, 0.3) is 0 Å². The number of benzene rings is 1. The number of rotatable bonds is 7. The van der Waals surface area contributed by atoms with E-state index in [9.17, 15) is 0 Å². The minimum Gasteiger partial charge on any atom is -0.314 e. The van der Waals surface area contributed by atoms with Gasteiger partial charge in [0, 0.05) is 16.1 Å². The van der Waals surface area contributed by atoms with Gasteiger partial charge in [-0.1, -0.05) is 56.5 Å². The van der Waals surface area contributed by atoms with Gasteiger partial charge in [0.1, 0.15) is 0 Å². The van der Waals surface area contributed by atoms with Gasteiger partial charge in [0.05, 0.1) is 0 Å². The zero-order valence-corrected chi connectivity index (χ0v) is 13.0. The maximum atomic E-state index is 6.23. The first kappa shape index (κ1) is 15.8. The van der Waals surface area contributed by atoms with E-state index in [1.165, 1.54) is 18.4 Å². The maximum absolute atomic E-state index is 6.23. The van der Waals surface area contributed by atoms with Gasteiger partial charge in [-0.25, -0.2) is 0 Å². The molecule has 1 nitrogen and oxygen atoms in total. The molecule has 102 valence electrons. The molecule has 3 heteroatoms. The van der Waals surface area contributed by atoms with Crippen LogP contribution in [0.15, 0.2) is 18.2 Å². The van der Waals surface area contributed by atoms with Crippen molar-refractivity contribution >= 4 is 23.2 Å². The third-order valence-electron chi connectivity index (χ3n) is 3.36. The fourth-order valence-electron chi connectivity index (χ4n) is 2.13. The second kappa shape index (κ2) is 8.04. The highest BCUT2D eigenvalue weighted by Crippen LogP contribution is 2.23. The largest absolute Gasteiger partial charge is 0.314 e. The lowest BCUT2D eigenvalue weighted by Crippen LogP contribution is -2.32. The highest BCUT2D eigenvalue weighted by Gasteiger charge is 2.13. The van der Waals surface area contributed by atoms with Crippen LogP contribution in [0.3, 0.4) is 0 Å². The fourth-order valence-corrected chi connectivity index (χ4v) is 2.62. The summed E-state index contributed by atoms with van der Waals surface area (Å²) in [5, 5.41) is 5.02. The molecule has 1 aromatic rings. The van der Waals surface area contributed by atoms with Crippen molar-refractivity contribution < 1.29 is 0 Å². The number of nitrogens with one attached hydrogen (secondary N) is 1. The van der Waals surface area contributed by atoms with E-state index in [1.807, 2.05) is 18.2 Å². The first-order valence-electron chi connectivity index (χ1n) is 6.74. The molecule has 0 amide bonds. The molecule has 0 bridgehead atoms. The summed E-state index contributed by atoms with van der Waals surface area (Å²) >= 11 is 12.2. The summed E-state index contributed by atoms with van der Waals surface area (Å²) in [6, 6.07) is 6.26. The minimum absolute atomic E-state index is 0.489. The second-order valence-electron chi connectivity index (χ2n) is 4.94. The first-order chi connectivity index (χ1) is 8.56. The Kier molecular flexibility index (Phi) is 7.06. The Hall–Kier alpha value is -0.240. The molecular formula is C15H23Cl2N. The Morgan fingerprint density at radius 2 is 1.94 bits per heavy atom. The van der Waals surface area contributed by atoms with Gasteiger partial charge in [-0.3, -0.25) is 0 Å². The summed E-state index contributed by atoms with van der Waals surface area (Å²) in [5.41, 5.74) is 1.18. The predicted octanol–water partition coefficient (Wildman–Crippen LogP) is 4.95. The number of halogens is 2. The van der Waals surface area contributed by atoms with Crippen LogP contribution in [0.2, 0.25) is 10.0 Å². The van der Waals surface area contributed by atoms with Crippen molar-refractivity contribution in [2.45, 2.75) is 46.1 Å². The standard InChI is InChI=1S/C15H23Cl2N/c1-4-11(3)8-14(18-5-2)9-12-6-7-13(16)10-15(12)17/h6-7,10-11,14,18H,4-5,8-9H2,1-3H3. The third kappa shape index (κ3) is 5.17. The Balaban J connectivity index is 2.69. The van der Waals surface area contributed by atoms with Crippen molar-refractivity contribution in [1.82, 2.24) is 5.32 Å². The van der Waals surface area contributed by atoms with Crippen molar-refractivity contribution in [3.05, 3.63) is 33.8 Å². The van der Waals surface area contributed by atoms with Crippen molar-refractivity contribution in [3.63, 3.8) is 0 Å².